The van der Waals surface area contributed by atoms with E-state index in [0.29, 0.717) is 46.8 Å². The van der Waals surface area contributed by atoms with Crippen LogP contribution in [0.3, 0.4) is 0 Å². The first-order valence-electron chi connectivity index (χ1n) is 10.1. The van der Waals surface area contributed by atoms with Gasteiger partial charge >= 0.3 is 15.6 Å². The summed E-state index contributed by atoms with van der Waals surface area (Å²) in [6.07, 6.45) is 4.11. The van der Waals surface area contributed by atoms with Gasteiger partial charge in [-0.25, -0.2) is 0 Å². The van der Waals surface area contributed by atoms with Gasteiger partial charge in [0.1, 0.15) is 17.1 Å². The lowest BCUT2D eigenvalue weighted by Gasteiger charge is -2.30. The fourth-order valence-electron chi connectivity index (χ4n) is 4.11. The average Bonchev–Trinajstić information content (AvgIpc) is 3.50. The molecule has 33 heavy (non-hydrogen) atoms. The van der Waals surface area contributed by atoms with E-state index >= 15 is 0 Å². The monoisotopic (exact) mass is 481 g/mol. The van der Waals surface area contributed by atoms with Gasteiger partial charge in [-0.3, -0.25) is 4.79 Å². The smallest absolute Gasteiger partial charge is 0.496 e. The standard InChI is InChI=1S/C22H18F3NO6S/c1-30-19-9-13(8-12-6-7-26(14-2-3-14)21(27)20(12)19)17-11-31-18-10-15(4-5-16(17)18)32-33(28,29)22(23,24)25/h4-5,8-11,14H,2-3,6-7H2,1H3. The van der Waals surface area contributed by atoms with Crippen molar-refractivity contribution in [2.75, 3.05) is 13.7 Å². The normalized spacial score (nSPS) is 16.7. The number of hydrogen-bond acceptors (Lipinski definition) is 6. The second-order valence-corrected chi connectivity index (χ2v) is 9.52. The minimum Gasteiger partial charge on any atom is -0.496 e. The van der Waals surface area contributed by atoms with Crippen molar-refractivity contribution in [2.45, 2.75) is 30.8 Å². The van der Waals surface area contributed by atoms with Gasteiger partial charge in [-0.05, 0) is 54.7 Å². The zero-order chi connectivity index (χ0) is 23.5. The van der Waals surface area contributed by atoms with Crippen LogP contribution in [-0.2, 0) is 16.5 Å². The van der Waals surface area contributed by atoms with Crippen LogP contribution >= 0.6 is 0 Å². The summed E-state index contributed by atoms with van der Waals surface area (Å²) in [5.74, 6) is -0.134. The highest BCUT2D eigenvalue weighted by atomic mass is 32.2. The van der Waals surface area contributed by atoms with Crippen LogP contribution in [0, 0.1) is 0 Å². The van der Waals surface area contributed by atoms with E-state index in [1.165, 1.54) is 19.4 Å². The van der Waals surface area contributed by atoms with Crippen LogP contribution < -0.4 is 8.92 Å². The second kappa shape index (κ2) is 7.41. The van der Waals surface area contributed by atoms with Crippen molar-refractivity contribution in [3.63, 3.8) is 0 Å². The lowest BCUT2D eigenvalue weighted by atomic mass is 9.92. The molecule has 0 atom stereocenters. The summed E-state index contributed by atoms with van der Waals surface area (Å²) in [7, 11) is -4.30. The van der Waals surface area contributed by atoms with Crippen molar-refractivity contribution in [1.82, 2.24) is 4.90 Å². The highest BCUT2D eigenvalue weighted by molar-refractivity contribution is 7.88. The van der Waals surface area contributed by atoms with Gasteiger partial charge in [0.25, 0.3) is 5.91 Å². The molecule has 11 heteroatoms. The lowest BCUT2D eigenvalue weighted by molar-refractivity contribution is -0.0500. The summed E-state index contributed by atoms with van der Waals surface area (Å²) in [6, 6.07) is 7.51. The number of halogens is 3. The number of carbonyl (C=O) groups excluding carboxylic acids is 1. The Hall–Kier alpha value is -3.21. The Balaban J connectivity index is 1.52. The molecule has 0 unspecified atom stereocenters. The van der Waals surface area contributed by atoms with Crippen LogP contribution in [0.4, 0.5) is 13.2 Å². The number of fused-ring (bicyclic) bond motifs is 2. The third kappa shape index (κ3) is 3.69. The highest BCUT2D eigenvalue weighted by Crippen LogP contribution is 2.40. The Labute approximate surface area is 186 Å². The first-order chi connectivity index (χ1) is 15.6. The fourth-order valence-corrected chi connectivity index (χ4v) is 4.56. The Morgan fingerprint density at radius 1 is 1.15 bits per heavy atom. The van der Waals surface area contributed by atoms with E-state index in [9.17, 15) is 26.4 Å². The Morgan fingerprint density at radius 2 is 1.91 bits per heavy atom. The minimum atomic E-state index is -5.79. The molecule has 2 aliphatic rings. The molecule has 174 valence electrons. The van der Waals surface area contributed by atoms with Crippen molar-refractivity contribution >= 4 is 27.0 Å². The molecule has 0 bridgehead atoms. The number of benzene rings is 2. The fraction of sp³-hybridized carbons (Fsp3) is 0.318. The number of carbonyl (C=O) groups is 1. The average molecular weight is 481 g/mol. The van der Waals surface area contributed by atoms with Crippen LogP contribution in [0.2, 0.25) is 0 Å². The van der Waals surface area contributed by atoms with Gasteiger partial charge in [0, 0.05) is 29.6 Å². The van der Waals surface area contributed by atoms with Crippen molar-refractivity contribution in [2.24, 2.45) is 0 Å². The molecule has 1 amide bonds. The maximum atomic E-state index is 13.0. The van der Waals surface area contributed by atoms with Crippen LogP contribution in [-0.4, -0.2) is 44.4 Å². The molecule has 3 aromatic rings. The topological polar surface area (TPSA) is 86.0 Å². The molecule has 7 nitrogen and oxygen atoms in total. The van der Waals surface area contributed by atoms with Crippen molar-refractivity contribution < 1.29 is 39.7 Å². The van der Waals surface area contributed by atoms with Crippen LogP contribution in [0.5, 0.6) is 11.5 Å². The molecule has 1 fully saturated rings. The summed E-state index contributed by atoms with van der Waals surface area (Å²) < 4.78 is 75.5. The van der Waals surface area contributed by atoms with E-state index in [2.05, 4.69) is 4.18 Å². The largest absolute Gasteiger partial charge is 0.534 e. The Morgan fingerprint density at radius 3 is 2.58 bits per heavy atom. The third-order valence-electron chi connectivity index (χ3n) is 5.84. The molecule has 0 spiro atoms. The van der Waals surface area contributed by atoms with Crippen LogP contribution in [0.15, 0.2) is 41.0 Å². The van der Waals surface area contributed by atoms with Crippen molar-refractivity contribution in [1.29, 1.82) is 0 Å². The number of ether oxygens (including phenoxy) is 1. The molecular formula is C22H18F3NO6S. The summed E-state index contributed by atoms with van der Waals surface area (Å²) in [5, 5.41) is 0.538. The van der Waals surface area contributed by atoms with E-state index in [1.807, 2.05) is 11.0 Å². The maximum absolute atomic E-state index is 13.0. The van der Waals surface area contributed by atoms with E-state index in [-0.39, 0.29) is 11.5 Å². The maximum Gasteiger partial charge on any atom is 0.534 e. The van der Waals surface area contributed by atoms with E-state index in [1.54, 1.807) is 6.07 Å². The predicted molar refractivity (Wildman–Crippen MR) is 112 cm³/mol. The quantitative estimate of drug-likeness (QED) is 0.394. The lowest BCUT2D eigenvalue weighted by Crippen LogP contribution is -2.39. The third-order valence-corrected chi connectivity index (χ3v) is 6.81. The number of amides is 1. The van der Waals surface area contributed by atoms with Gasteiger partial charge < -0.3 is 18.2 Å². The van der Waals surface area contributed by atoms with Gasteiger partial charge in [-0.2, -0.15) is 21.6 Å². The number of furan rings is 1. The zero-order valence-electron chi connectivity index (χ0n) is 17.3. The highest BCUT2D eigenvalue weighted by Gasteiger charge is 2.48. The molecular weight excluding hydrogens is 463 g/mol. The predicted octanol–water partition coefficient (Wildman–Crippen LogP) is 4.50. The number of alkyl halides is 3. The molecule has 0 N–H and O–H groups in total. The van der Waals surface area contributed by atoms with E-state index < -0.39 is 21.4 Å². The van der Waals surface area contributed by atoms with Gasteiger partial charge in [0.05, 0.1) is 18.9 Å². The number of hydrogen-bond donors (Lipinski definition) is 0. The van der Waals surface area contributed by atoms with Crippen molar-refractivity contribution in [3.8, 4) is 22.6 Å². The van der Waals surface area contributed by atoms with Crippen LogP contribution in [0.25, 0.3) is 22.1 Å². The zero-order valence-corrected chi connectivity index (χ0v) is 18.1. The molecule has 1 aliphatic heterocycles. The second-order valence-electron chi connectivity index (χ2n) is 7.98. The summed E-state index contributed by atoms with van der Waals surface area (Å²) in [6.45, 7) is 0.629. The minimum absolute atomic E-state index is 0.0492. The van der Waals surface area contributed by atoms with Crippen molar-refractivity contribution in [3.05, 3.63) is 47.7 Å². The number of rotatable bonds is 5. The van der Waals surface area contributed by atoms with E-state index in [0.717, 1.165) is 30.5 Å². The Bertz CT molecular complexity index is 1360. The summed E-state index contributed by atoms with van der Waals surface area (Å²) in [4.78, 5) is 14.9. The first-order valence-corrected chi connectivity index (χ1v) is 11.5. The molecule has 2 aromatic carbocycles. The number of nitrogens with zero attached hydrogens (tertiary/aromatic N) is 1. The molecule has 2 heterocycles. The van der Waals surface area contributed by atoms with Gasteiger partial charge in [-0.1, -0.05) is 0 Å². The summed E-state index contributed by atoms with van der Waals surface area (Å²) in [5.41, 5.74) is -2.69. The molecule has 5 rings (SSSR count). The van der Waals surface area contributed by atoms with Gasteiger partial charge in [-0.15, -0.1) is 0 Å². The SMILES string of the molecule is COc1cc(-c2coc3cc(OS(=O)(=O)C(F)(F)F)ccc23)cc2c1C(=O)N(C1CC1)CC2. The van der Waals surface area contributed by atoms with Crippen LogP contribution in [0.1, 0.15) is 28.8 Å². The Kier molecular flexibility index (Phi) is 4.85. The molecule has 0 saturated heterocycles. The first kappa shape index (κ1) is 21.6. The molecule has 1 aromatic heterocycles. The molecule has 1 aliphatic carbocycles. The summed E-state index contributed by atoms with van der Waals surface area (Å²) >= 11 is 0. The van der Waals surface area contributed by atoms with Gasteiger partial charge in [0.15, 0.2) is 0 Å². The number of methoxy groups -OCH3 is 1. The molecule has 0 radical (unpaired) electrons. The van der Waals surface area contributed by atoms with Gasteiger partial charge in [0.2, 0.25) is 0 Å². The molecule has 1 saturated carbocycles. The van der Waals surface area contributed by atoms with E-state index in [4.69, 9.17) is 9.15 Å².